The van der Waals surface area contributed by atoms with Gasteiger partial charge in [0, 0.05) is 18.4 Å². The Bertz CT molecular complexity index is 308. The van der Waals surface area contributed by atoms with Crippen molar-refractivity contribution >= 4 is 0 Å². The van der Waals surface area contributed by atoms with E-state index in [0.29, 0.717) is 0 Å². The summed E-state index contributed by atoms with van der Waals surface area (Å²) in [4.78, 5) is 0. The number of hydrogen-bond acceptors (Lipinski definition) is 1. The molecule has 2 unspecified atom stereocenters. The molecule has 2 nitrogen and oxygen atoms in total. The van der Waals surface area contributed by atoms with E-state index in [4.69, 9.17) is 0 Å². The summed E-state index contributed by atoms with van der Waals surface area (Å²) < 4.78 is 2.23. The number of rotatable bonds is 2. The van der Waals surface area contributed by atoms with Crippen LogP contribution in [0.15, 0.2) is 12.3 Å². The average molecular weight is 220 g/mol. The fourth-order valence-electron chi connectivity index (χ4n) is 2.73. The lowest BCUT2D eigenvalue weighted by Crippen LogP contribution is -2.19. The summed E-state index contributed by atoms with van der Waals surface area (Å²) in [5, 5.41) is 4.46. The van der Waals surface area contributed by atoms with Crippen LogP contribution in [0.25, 0.3) is 0 Å². The fourth-order valence-corrected chi connectivity index (χ4v) is 2.73. The van der Waals surface area contributed by atoms with E-state index < -0.39 is 0 Å². The molecule has 0 aliphatic carbocycles. The van der Waals surface area contributed by atoms with Gasteiger partial charge in [-0.2, -0.15) is 5.10 Å². The third kappa shape index (κ3) is 2.31. The van der Waals surface area contributed by atoms with Gasteiger partial charge in [0.15, 0.2) is 0 Å². The Kier molecular flexibility index (Phi) is 3.36. The van der Waals surface area contributed by atoms with Gasteiger partial charge in [-0.3, -0.25) is 4.68 Å². The molecule has 1 aromatic heterocycles. The van der Waals surface area contributed by atoms with Crippen molar-refractivity contribution in [3.05, 3.63) is 18.0 Å². The summed E-state index contributed by atoms with van der Waals surface area (Å²) in [5.41, 5.74) is 1.43. The summed E-state index contributed by atoms with van der Waals surface area (Å²) >= 11 is 0. The third-order valence-electron chi connectivity index (χ3n) is 4.17. The molecule has 2 atom stereocenters. The molecule has 0 fully saturated rings. The van der Waals surface area contributed by atoms with Crippen molar-refractivity contribution in [3.8, 4) is 0 Å². The summed E-state index contributed by atoms with van der Waals surface area (Å²) in [6, 6.07) is 2.19. The van der Waals surface area contributed by atoms with Crippen molar-refractivity contribution in [2.24, 2.45) is 23.7 Å². The van der Waals surface area contributed by atoms with Crippen LogP contribution in [0.3, 0.4) is 0 Å². The highest BCUT2D eigenvalue weighted by atomic mass is 15.3. The van der Waals surface area contributed by atoms with Crippen LogP contribution in [0, 0.1) is 23.7 Å². The van der Waals surface area contributed by atoms with Crippen molar-refractivity contribution < 1.29 is 0 Å². The molecule has 2 heteroatoms. The molecule has 16 heavy (non-hydrogen) atoms. The van der Waals surface area contributed by atoms with Crippen LogP contribution in [0.1, 0.15) is 39.8 Å². The van der Waals surface area contributed by atoms with E-state index in [1.807, 2.05) is 6.20 Å². The van der Waals surface area contributed by atoms with Crippen LogP contribution in [-0.2, 0) is 13.0 Å². The molecule has 2 heterocycles. The van der Waals surface area contributed by atoms with E-state index in [1.54, 1.807) is 0 Å². The minimum absolute atomic E-state index is 0.761. The monoisotopic (exact) mass is 220 g/mol. The zero-order valence-electron chi connectivity index (χ0n) is 11.0. The highest BCUT2D eigenvalue weighted by Gasteiger charge is 2.27. The molecule has 0 saturated carbocycles. The summed E-state index contributed by atoms with van der Waals surface area (Å²) in [7, 11) is 0. The van der Waals surface area contributed by atoms with Crippen molar-refractivity contribution in [2.45, 2.75) is 47.1 Å². The topological polar surface area (TPSA) is 17.8 Å². The SMILES string of the molecule is CC(C)C1Cc2ccnn2CC(C(C)C)C1. The smallest absolute Gasteiger partial charge is 0.0492 e. The van der Waals surface area contributed by atoms with Crippen LogP contribution in [0.2, 0.25) is 0 Å². The van der Waals surface area contributed by atoms with Gasteiger partial charge in [0.25, 0.3) is 0 Å². The first-order valence-electron chi connectivity index (χ1n) is 6.58. The zero-order chi connectivity index (χ0) is 11.7. The van der Waals surface area contributed by atoms with Gasteiger partial charge < -0.3 is 0 Å². The predicted octanol–water partition coefficient (Wildman–Crippen LogP) is 3.37. The maximum atomic E-state index is 4.46. The Morgan fingerprint density at radius 3 is 2.50 bits per heavy atom. The second-order valence-corrected chi connectivity index (χ2v) is 5.95. The lowest BCUT2D eigenvalue weighted by atomic mass is 9.80. The quantitative estimate of drug-likeness (QED) is 0.747. The zero-order valence-corrected chi connectivity index (χ0v) is 11.0. The largest absolute Gasteiger partial charge is 0.269 e. The highest BCUT2D eigenvalue weighted by molar-refractivity contribution is 5.04. The average Bonchev–Trinajstić information content (AvgIpc) is 2.55. The Hall–Kier alpha value is -0.790. The fraction of sp³-hybridized carbons (Fsp3) is 0.786. The molecule has 0 aromatic carbocycles. The molecule has 0 N–H and O–H groups in total. The van der Waals surface area contributed by atoms with Crippen molar-refractivity contribution in [3.63, 3.8) is 0 Å². The van der Waals surface area contributed by atoms with Crippen molar-refractivity contribution in [1.82, 2.24) is 9.78 Å². The van der Waals surface area contributed by atoms with Gasteiger partial charge in [0.2, 0.25) is 0 Å². The molecular formula is C14H24N2. The lowest BCUT2D eigenvalue weighted by molar-refractivity contribution is 0.243. The first kappa shape index (κ1) is 11.7. The van der Waals surface area contributed by atoms with E-state index in [2.05, 4.69) is 43.5 Å². The van der Waals surface area contributed by atoms with Crippen LogP contribution in [-0.4, -0.2) is 9.78 Å². The molecule has 0 bridgehead atoms. The summed E-state index contributed by atoms with van der Waals surface area (Å²) in [6.07, 6.45) is 4.52. The second-order valence-electron chi connectivity index (χ2n) is 5.95. The maximum Gasteiger partial charge on any atom is 0.0492 e. The van der Waals surface area contributed by atoms with Crippen LogP contribution >= 0.6 is 0 Å². The molecule has 1 aromatic rings. The van der Waals surface area contributed by atoms with E-state index >= 15 is 0 Å². The molecule has 0 radical (unpaired) electrons. The molecule has 0 saturated heterocycles. The van der Waals surface area contributed by atoms with Gasteiger partial charge in [-0.05, 0) is 42.6 Å². The molecule has 1 aliphatic rings. The van der Waals surface area contributed by atoms with Gasteiger partial charge >= 0.3 is 0 Å². The Balaban J connectivity index is 2.23. The van der Waals surface area contributed by atoms with Crippen LogP contribution < -0.4 is 0 Å². The Labute approximate surface area is 99.0 Å². The molecule has 90 valence electrons. The van der Waals surface area contributed by atoms with Gasteiger partial charge in [0.05, 0.1) is 0 Å². The Morgan fingerprint density at radius 1 is 1.19 bits per heavy atom. The minimum atomic E-state index is 0.761. The summed E-state index contributed by atoms with van der Waals surface area (Å²) in [5.74, 6) is 3.15. The third-order valence-corrected chi connectivity index (χ3v) is 4.17. The van der Waals surface area contributed by atoms with E-state index in [9.17, 15) is 0 Å². The van der Waals surface area contributed by atoms with Gasteiger partial charge in [-0.1, -0.05) is 27.7 Å². The maximum absolute atomic E-state index is 4.46. The van der Waals surface area contributed by atoms with Crippen LogP contribution in [0.4, 0.5) is 0 Å². The number of nitrogens with zero attached hydrogens (tertiary/aromatic N) is 2. The molecule has 1 aliphatic heterocycles. The van der Waals surface area contributed by atoms with Gasteiger partial charge in [0.1, 0.15) is 0 Å². The van der Waals surface area contributed by atoms with Crippen molar-refractivity contribution in [1.29, 1.82) is 0 Å². The van der Waals surface area contributed by atoms with Crippen molar-refractivity contribution in [2.75, 3.05) is 0 Å². The molecular weight excluding hydrogens is 196 g/mol. The first-order chi connectivity index (χ1) is 7.58. The highest BCUT2D eigenvalue weighted by Crippen LogP contribution is 2.32. The number of hydrogen-bond donors (Lipinski definition) is 0. The number of aromatic nitrogens is 2. The molecule has 2 rings (SSSR count). The van der Waals surface area contributed by atoms with E-state index in [1.165, 1.54) is 18.5 Å². The second kappa shape index (κ2) is 4.60. The van der Waals surface area contributed by atoms with Crippen LogP contribution in [0.5, 0.6) is 0 Å². The molecule has 0 amide bonds. The first-order valence-corrected chi connectivity index (χ1v) is 6.58. The molecule has 0 spiro atoms. The predicted molar refractivity (Wildman–Crippen MR) is 67.2 cm³/mol. The normalized spacial score (nSPS) is 25.9. The minimum Gasteiger partial charge on any atom is -0.269 e. The number of fused-ring (bicyclic) bond motifs is 1. The Morgan fingerprint density at radius 2 is 1.88 bits per heavy atom. The van der Waals surface area contributed by atoms with E-state index in [0.717, 1.165) is 30.2 Å². The standard InChI is InChI=1S/C14H24N2/c1-10(2)12-7-13(11(3)4)9-16-14(8-12)5-6-15-16/h5-6,10-13H,7-9H2,1-4H3. The van der Waals surface area contributed by atoms with E-state index in [-0.39, 0.29) is 0 Å². The summed E-state index contributed by atoms with van der Waals surface area (Å²) in [6.45, 7) is 10.5. The lowest BCUT2D eigenvalue weighted by Gasteiger charge is -2.25. The van der Waals surface area contributed by atoms with Gasteiger partial charge in [-0.15, -0.1) is 0 Å². The van der Waals surface area contributed by atoms with Gasteiger partial charge in [-0.25, -0.2) is 0 Å².